The molecular formula is C16H18N2O3S. The van der Waals surface area contributed by atoms with E-state index in [4.69, 9.17) is 5.11 Å². The summed E-state index contributed by atoms with van der Waals surface area (Å²) >= 11 is 1.31. The molecule has 0 aliphatic rings. The van der Waals surface area contributed by atoms with Crippen molar-refractivity contribution in [3.05, 3.63) is 40.9 Å². The molecule has 5 nitrogen and oxygen atoms in total. The van der Waals surface area contributed by atoms with Crippen LogP contribution in [0.3, 0.4) is 0 Å². The van der Waals surface area contributed by atoms with E-state index in [1.807, 2.05) is 30.3 Å². The minimum atomic E-state index is -0.932. The van der Waals surface area contributed by atoms with Crippen LogP contribution in [0.25, 0.3) is 10.6 Å². The van der Waals surface area contributed by atoms with E-state index in [-0.39, 0.29) is 5.91 Å². The summed E-state index contributed by atoms with van der Waals surface area (Å²) in [5.41, 5.74) is 1.61. The summed E-state index contributed by atoms with van der Waals surface area (Å²) in [6.07, 6.45) is 0. The molecule has 0 aliphatic carbocycles. The molecule has 0 saturated carbocycles. The lowest BCUT2D eigenvalue weighted by Gasteiger charge is -2.17. The van der Waals surface area contributed by atoms with Gasteiger partial charge in [0.2, 0.25) is 0 Å². The van der Waals surface area contributed by atoms with Crippen molar-refractivity contribution >= 4 is 23.2 Å². The van der Waals surface area contributed by atoms with E-state index in [1.54, 1.807) is 20.8 Å². The van der Waals surface area contributed by atoms with Crippen LogP contribution >= 0.6 is 11.3 Å². The van der Waals surface area contributed by atoms with E-state index in [9.17, 15) is 9.59 Å². The second-order valence-corrected chi connectivity index (χ2v) is 6.19. The van der Waals surface area contributed by atoms with Gasteiger partial charge in [-0.3, -0.25) is 9.59 Å². The van der Waals surface area contributed by atoms with Gasteiger partial charge < -0.3 is 10.4 Å². The summed E-state index contributed by atoms with van der Waals surface area (Å²) in [6.45, 7) is 5.04. The highest BCUT2D eigenvalue weighted by Gasteiger charge is 2.23. The van der Waals surface area contributed by atoms with Gasteiger partial charge in [0.15, 0.2) is 0 Å². The van der Waals surface area contributed by atoms with Gasteiger partial charge in [-0.15, -0.1) is 11.3 Å². The summed E-state index contributed by atoms with van der Waals surface area (Å²) in [5.74, 6) is -1.86. The number of aromatic nitrogens is 1. The molecule has 0 aliphatic heterocycles. The van der Waals surface area contributed by atoms with E-state index >= 15 is 0 Å². The first kappa shape index (κ1) is 16.2. The quantitative estimate of drug-likeness (QED) is 0.888. The maximum atomic E-state index is 12.3. The van der Waals surface area contributed by atoms with E-state index in [0.29, 0.717) is 10.6 Å². The zero-order valence-corrected chi connectivity index (χ0v) is 13.5. The highest BCUT2D eigenvalue weighted by Crippen LogP contribution is 2.27. The van der Waals surface area contributed by atoms with Gasteiger partial charge in [0.1, 0.15) is 9.88 Å². The Morgan fingerprint density at radius 1 is 1.23 bits per heavy atom. The predicted octanol–water partition coefficient (Wildman–Crippen LogP) is 2.96. The Balaban J connectivity index is 2.18. The number of hydrogen-bond acceptors (Lipinski definition) is 4. The number of benzene rings is 1. The minimum Gasteiger partial charge on any atom is -0.481 e. The van der Waals surface area contributed by atoms with E-state index < -0.39 is 17.9 Å². The largest absolute Gasteiger partial charge is 0.481 e. The molecule has 2 N–H and O–H groups in total. The van der Waals surface area contributed by atoms with Gasteiger partial charge in [-0.05, 0) is 20.8 Å². The van der Waals surface area contributed by atoms with Gasteiger partial charge >= 0.3 is 5.97 Å². The highest BCUT2D eigenvalue weighted by molar-refractivity contribution is 7.17. The molecule has 0 spiro atoms. The number of aliphatic carboxylic acids is 1. The fourth-order valence-corrected chi connectivity index (χ4v) is 2.90. The molecule has 0 fully saturated rings. The SMILES string of the molecule is Cc1nc(-c2ccccc2)sc1C(=O)NC(C)C(C)C(=O)O. The van der Waals surface area contributed by atoms with Crippen LogP contribution in [-0.4, -0.2) is 28.0 Å². The van der Waals surface area contributed by atoms with Crippen LogP contribution < -0.4 is 5.32 Å². The van der Waals surface area contributed by atoms with Gasteiger partial charge in [-0.1, -0.05) is 30.3 Å². The van der Waals surface area contributed by atoms with Gasteiger partial charge in [-0.2, -0.15) is 0 Å². The number of nitrogens with one attached hydrogen (secondary N) is 1. The molecule has 2 atom stereocenters. The number of carbonyl (C=O) groups excluding carboxylic acids is 1. The fourth-order valence-electron chi connectivity index (χ4n) is 1.92. The molecule has 0 saturated heterocycles. The highest BCUT2D eigenvalue weighted by atomic mass is 32.1. The van der Waals surface area contributed by atoms with Crippen LogP contribution in [0.15, 0.2) is 30.3 Å². The lowest BCUT2D eigenvalue weighted by molar-refractivity contribution is -0.141. The summed E-state index contributed by atoms with van der Waals surface area (Å²) in [6, 6.07) is 9.19. The van der Waals surface area contributed by atoms with Crippen molar-refractivity contribution in [1.29, 1.82) is 0 Å². The summed E-state index contributed by atoms with van der Waals surface area (Å²) in [5, 5.41) is 12.5. The van der Waals surface area contributed by atoms with Crippen LogP contribution in [0, 0.1) is 12.8 Å². The Kier molecular flexibility index (Phi) is 4.92. The van der Waals surface area contributed by atoms with Gasteiger partial charge in [-0.25, -0.2) is 4.98 Å². The summed E-state index contributed by atoms with van der Waals surface area (Å²) in [4.78, 5) is 28.2. The molecule has 1 heterocycles. The molecule has 116 valence electrons. The van der Waals surface area contributed by atoms with Crippen LogP contribution in [0.2, 0.25) is 0 Å². The predicted molar refractivity (Wildman–Crippen MR) is 86.0 cm³/mol. The number of carboxylic acid groups (broad SMARTS) is 1. The van der Waals surface area contributed by atoms with E-state index in [2.05, 4.69) is 10.3 Å². The van der Waals surface area contributed by atoms with E-state index in [1.165, 1.54) is 11.3 Å². The van der Waals surface area contributed by atoms with Crippen molar-refractivity contribution in [2.45, 2.75) is 26.8 Å². The number of carbonyl (C=O) groups is 2. The Bertz CT molecular complexity index is 682. The van der Waals surface area contributed by atoms with Crippen molar-refractivity contribution in [3.8, 4) is 10.6 Å². The molecule has 6 heteroatoms. The topological polar surface area (TPSA) is 79.3 Å². The molecule has 0 radical (unpaired) electrons. The molecule has 1 aromatic heterocycles. The van der Waals surface area contributed by atoms with Gasteiger partial charge in [0.25, 0.3) is 5.91 Å². The first-order valence-electron chi connectivity index (χ1n) is 6.96. The second-order valence-electron chi connectivity index (χ2n) is 5.19. The third-order valence-corrected chi connectivity index (χ3v) is 4.73. The molecule has 2 aromatic rings. The lowest BCUT2D eigenvalue weighted by Crippen LogP contribution is -2.39. The van der Waals surface area contributed by atoms with Crippen molar-refractivity contribution in [2.75, 3.05) is 0 Å². The molecule has 2 unspecified atom stereocenters. The van der Waals surface area contributed by atoms with Crippen LogP contribution in [0.4, 0.5) is 0 Å². The monoisotopic (exact) mass is 318 g/mol. The summed E-state index contributed by atoms with van der Waals surface area (Å²) < 4.78 is 0. The zero-order chi connectivity index (χ0) is 16.3. The smallest absolute Gasteiger partial charge is 0.308 e. The van der Waals surface area contributed by atoms with Crippen molar-refractivity contribution < 1.29 is 14.7 Å². The molecule has 1 aromatic carbocycles. The third kappa shape index (κ3) is 3.51. The maximum absolute atomic E-state index is 12.3. The van der Waals surface area contributed by atoms with Crippen molar-refractivity contribution in [2.24, 2.45) is 5.92 Å². The van der Waals surface area contributed by atoms with Gasteiger partial charge in [0, 0.05) is 11.6 Å². The Morgan fingerprint density at radius 2 is 1.86 bits per heavy atom. The lowest BCUT2D eigenvalue weighted by atomic mass is 10.0. The number of carboxylic acids is 1. The second kappa shape index (κ2) is 6.70. The van der Waals surface area contributed by atoms with E-state index in [0.717, 1.165) is 10.6 Å². The third-order valence-electron chi connectivity index (χ3n) is 3.52. The number of hydrogen-bond donors (Lipinski definition) is 2. The molecule has 22 heavy (non-hydrogen) atoms. The minimum absolute atomic E-state index is 0.280. The summed E-state index contributed by atoms with van der Waals surface area (Å²) in [7, 11) is 0. The Labute approximate surface area is 133 Å². The molecule has 0 bridgehead atoms. The normalized spacial score (nSPS) is 13.4. The number of amides is 1. The standard InChI is InChI=1S/C16H18N2O3S/c1-9(16(20)21)10(2)17-14(19)13-11(3)18-15(22-13)12-7-5-4-6-8-12/h4-10H,1-3H3,(H,17,19)(H,20,21). The maximum Gasteiger partial charge on any atom is 0.308 e. The average Bonchev–Trinajstić information content (AvgIpc) is 2.89. The number of rotatable bonds is 5. The number of nitrogens with zero attached hydrogens (tertiary/aromatic N) is 1. The van der Waals surface area contributed by atoms with Crippen LogP contribution in [0.5, 0.6) is 0 Å². The van der Waals surface area contributed by atoms with Crippen molar-refractivity contribution in [3.63, 3.8) is 0 Å². The molecule has 1 amide bonds. The average molecular weight is 318 g/mol. The Morgan fingerprint density at radius 3 is 2.45 bits per heavy atom. The van der Waals surface area contributed by atoms with Crippen LogP contribution in [-0.2, 0) is 4.79 Å². The molecule has 2 rings (SSSR count). The van der Waals surface area contributed by atoms with Crippen molar-refractivity contribution in [1.82, 2.24) is 10.3 Å². The molecular weight excluding hydrogens is 300 g/mol. The number of aryl methyl sites for hydroxylation is 1. The first-order chi connectivity index (χ1) is 10.4. The first-order valence-corrected chi connectivity index (χ1v) is 7.78. The Hall–Kier alpha value is -2.21. The van der Waals surface area contributed by atoms with Gasteiger partial charge in [0.05, 0.1) is 11.6 Å². The van der Waals surface area contributed by atoms with Crippen LogP contribution in [0.1, 0.15) is 29.2 Å². The number of thiazole rings is 1. The zero-order valence-electron chi connectivity index (χ0n) is 12.7. The fraction of sp³-hybridized carbons (Fsp3) is 0.312.